The minimum atomic E-state index is -0.940. The minimum absolute atomic E-state index is 0.209. The summed E-state index contributed by atoms with van der Waals surface area (Å²) in [5, 5.41) is 17.5. The number of nitrogens with one attached hydrogen (secondary N) is 1. The minimum Gasteiger partial charge on any atom is -0.476 e. The van der Waals surface area contributed by atoms with Crippen molar-refractivity contribution in [2.45, 2.75) is 52.2 Å². The van der Waals surface area contributed by atoms with E-state index in [1.54, 1.807) is 0 Å². The van der Waals surface area contributed by atoms with Crippen LogP contribution in [-0.2, 0) is 25.9 Å². The summed E-state index contributed by atoms with van der Waals surface area (Å²) in [5.74, 6) is 1.05. The zero-order valence-corrected chi connectivity index (χ0v) is 15.7. The maximum absolute atomic E-state index is 11.6. The molecule has 7 nitrogen and oxygen atoms in total. The zero-order chi connectivity index (χ0) is 19.0. The second kappa shape index (κ2) is 7.23. The highest BCUT2D eigenvalue weighted by atomic mass is 16.7. The highest BCUT2D eigenvalue weighted by molar-refractivity contribution is 5.87. The number of hydrogen-bond donors (Lipinski definition) is 2. The fraction of sp³-hybridized carbons (Fsp3) is 0.500. The molecular weight excluding hydrogens is 346 g/mol. The fourth-order valence-corrected chi connectivity index (χ4v) is 3.84. The van der Waals surface area contributed by atoms with Gasteiger partial charge in [-0.25, -0.2) is 4.79 Å². The quantitative estimate of drug-likeness (QED) is 0.812. The number of carbonyl (C=O) groups is 1. The molecule has 2 N–H and O–H groups in total. The standard InChI is InChI=1S/C20H25N3O4/c1-12(2)10-23-16-5-4-14(8-15(16)19(22-23)20(24)25)21-9-13-3-6-17-18(7-13)27-11-26-17/h3,6-7,12,14,21H,4-5,8-11H2,1-2H3,(H,24,25)/t14-/m1/s1. The van der Waals surface area contributed by atoms with Gasteiger partial charge in [-0.05, 0) is 42.9 Å². The van der Waals surface area contributed by atoms with E-state index in [0.717, 1.165) is 47.7 Å². The number of aromatic carboxylic acids is 1. The van der Waals surface area contributed by atoms with Crippen LogP contribution in [0.5, 0.6) is 11.5 Å². The Kier molecular flexibility index (Phi) is 4.78. The monoisotopic (exact) mass is 371 g/mol. The topological polar surface area (TPSA) is 85.6 Å². The fourth-order valence-electron chi connectivity index (χ4n) is 3.84. The lowest BCUT2D eigenvalue weighted by Crippen LogP contribution is -2.34. The summed E-state index contributed by atoms with van der Waals surface area (Å²) in [7, 11) is 0. The van der Waals surface area contributed by atoms with Gasteiger partial charge in [0.05, 0.1) is 0 Å². The molecule has 0 fully saturated rings. The van der Waals surface area contributed by atoms with E-state index in [2.05, 4.69) is 24.3 Å². The second-order valence-electron chi connectivity index (χ2n) is 7.66. The van der Waals surface area contributed by atoms with E-state index in [0.29, 0.717) is 18.9 Å². The van der Waals surface area contributed by atoms with Gasteiger partial charge in [-0.3, -0.25) is 4.68 Å². The van der Waals surface area contributed by atoms with Crippen molar-refractivity contribution in [2.24, 2.45) is 5.92 Å². The van der Waals surface area contributed by atoms with Gasteiger partial charge in [0, 0.05) is 30.4 Å². The van der Waals surface area contributed by atoms with Crippen LogP contribution < -0.4 is 14.8 Å². The lowest BCUT2D eigenvalue weighted by molar-refractivity contribution is 0.0688. The maximum Gasteiger partial charge on any atom is 0.356 e. The molecule has 0 radical (unpaired) electrons. The average molecular weight is 371 g/mol. The largest absolute Gasteiger partial charge is 0.476 e. The van der Waals surface area contributed by atoms with Crippen LogP contribution in [0.25, 0.3) is 0 Å². The third-order valence-electron chi connectivity index (χ3n) is 5.12. The van der Waals surface area contributed by atoms with Gasteiger partial charge < -0.3 is 19.9 Å². The van der Waals surface area contributed by atoms with Gasteiger partial charge >= 0.3 is 5.97 Å². The van der Waals surface area contributed by atoms with Crippen LogP contribution in [0, 0.1) is 5.92 Å². The van der Waals surface area contributed by atoms with Gasteiger partial charge in [0.1, 0.15) is 0 Å². The third-order valence-corrected chi connectivity index (χ3v) is 5.12. The Labute approximate surface area is 158 Å². The number of benzene rings is 1. The molecule has 4 rings (SSSR count). The summed E-state index contributed by atoms with van der Waals surface area (Å²) in [6.07, 6.45) is 2.52. The number of rotatable bonds is 6. The average Bonchev–Trinajstić information content (AvgIpc) is 3.23. The Morgan fingerprint density at radius 1 is 1.37 bits per heavy atom. The van der Waals surface area contributed by atoms with Crippen molar-refractivity contribution < 1.29 is 19.4 Å². The van der Waals surface area contributed by atoms with E-state index in [-0.39, 0.29) is 18.5 Å². The Morgan fingerprint density at radius 3 is 2.96 bits per heavy atom. The molecule has 7 heteroatoms. The van der Waals surface area contributed by atoms with Gasteiger partial charge in [-0.2, -0.15) is 5.10 Å². The van der Waals surface area contributed by atoms with Gasteiger partial charge in [0.15, 0.2) is 17.2 Å². The Hall–Kier alpha value is -2.54. The molecule has 1 aromatic carbocycles. The van der Waals surface area contributed by atoms with Crippen molar-refractivity contribution in [1.82, 2.24) is 15.1 Å². The Bertz CT molecular complexity index is 859. The first kappa shape index (κ1) is 17.9. The van der Waals surface area contributed by atoms with Crippen LogP contribution in [-0.4, -0.2) is 33.7 Å². The van der Waals surface area contributed by atoms with Gasteiger partial charge in [0.25, 0.3) is 0 Å². The molecule has 144 valence electrons. The second-order valence-corrected chi connectivity index (χ2v) is 7.66. The number of ether oxygens (including phenoxy) is 2. The molecule has 0 amide bonds. The number of hydrogen-bond acceptors (Lipinski definition) is 5. The van der Waals surface area contributed by atoms with Crippen LogP contribution in [0.2, 0.25) is 0 Å². The molecule has 0 saturated carbocycles. The number of nitrogens with zero attached hydrogens (tertiary/aromatic N) is 2. The van der Waals surface area contributed by atoms with Crippen molar-refractivity contribution in [2.75, 3.05) is 6.79 Å². The first-order valence-electron chi connectivity index (χ1n) is 9.45. The smallest absolute Gasteiger partial charge is 0.356 e. The summed E-state index contributed by atoms with van der Waals surface area (Å²) in [6, 6.07) is 6.18. The molecule has 1 aromatic heterocycles. The van der Waals surface area contributed by atoms with Crippen molar-refractivity contribution >= 4 is 5.97 Å². The number of aromatic nitrogens is 2. The predicted molar refractivity (Wildman–Crippen MR) is 99.2 cm³/mol. The lowest BCUT2D eigenvalue weighted by Gasteiger charge is -2.25. The maximum atomic E-state index is 11.6. The SMILES string of the molecule is CC(C)Cn1nc(C(=O)O)c2c1CC[C@@H](NCc1ccc3c(c1)OCO3)C2. The van der Waals surface area contributed by atoms with Crippen LogP contribution in [0.15, 0.2) is 18.2 Å². The molecular formula is C20H25N3O4. The lowest BCUT2D eigenvalue weighted by atomic mass is 9.91. The summed E-state index contributed by atoms with van der Waals surface area (Å²) in [4.78, 5) is 11.6. The molecule has 0 unspecified atom stereocenters. The molecule has 0 saturated heterocycles. The summed E-state index contributed by atoms with van der Waals surface area (Å²) >= 11 is 0. The van der Waals surface area contributed by atoms with Gasteiger partial charge in [-0.15, -0.1) is 0 Å². The molecule has 2 aromatic rings. The predicted octanol–water partition coefficient (Wildman–Crippen LogP) is 2.61. The van der Waals surface area contributed by atoms with Crippen LogP contribution in [0.1, 0.15) is 47.6 Å². The van der Waals surface area contributed by atoms with Crippen molar-refractivity contribution in [3.8, 4) is 11.5 Å². The summed E-state index contributed by atoms with van der Waals surface area (Å²) in [5.41, 5.74) is 3.30. The van der Waals surface area contributed by atoms with Crippen LogP contribution >= 0.6 is 0 Å². The van der Waals surface area contributed by atoms with E-state index < -0.39 is 5.97 Å². The molecule has 1 aliphatic carbocycles. The van der Waals surface area contributed by atoms with E-state index in [4.69, 9.17) is 9.47 Å². The highest BCUT2D eigenvalue weighted by Gasteiger charge is 2.29. The Morgan fingerprint density at radius 2 is 2.19 bits per heavy atom. The van der Waals surface area contributed by atoms with Crippen molar-refractivity contribution in [1.29, 1.82) is 0 Å². The highest BCUT2D eigenvalue weighted by Crippen LogP contribution is 2.32. The summed E-state index contributed by atoms with van der Waals surface area (Å²) < 4.78 is 12.7. The Balaban J connectivity index is 1.46. The summed E-state index contributed by atoms with van der Waals surface area (Å²) in [6.45, 7) is 5.97. The van der Waals surface area contributed by atoms with E-state index in [1.165, 1.54) is 0 Å². The molecule has 1 atom stereocenters. The first-order valence-corrected chi connectivity index (χ1v) is 9.45. The number of carboxylic acid groups (broad SMARTS) is 1. The molecule has 0 spiro atoms. The molecule has 0 bridgehead atoms. The van der Waals surface area contributed by atoms with Gasteiger partial charge in [0.2, 0.25) is 6.79 Å². The van der Waals surface area contributed by atoms with Crippen molar-refractivity contribution in [3.63, 3.8) is 0 Å². The van der Waals surface area contributed by atoms with E-state index >= 15 is 0 Å². The van der Waals surface area contributed by atoms with Crippen LogP contribution in [0.3, 0.4) is 0 Å². The third kappa shape index (κ3) is 3.64. The molecule has 27 heavy (non-hydrogen) atoms. The zero-order valence-electron chi connectivity index (χ0n) is 15.7. The van der Waals surface area contributed by atoms with E-state index in [1.807, 2.05) is 22.9 Å². The molecule has 2 aliphatic rings. The first-order chi connectivity index (χ1) is 13.0. The number of carboxylic acids is 1. The van der Waals surface area contributed by atoms with Crippen LogP contribution in [0.4, 0.5) is 0 Å². The van der Waals surface area contributed by atoms with Gasteiger partial charge in [-0.1, -0.05) is 19.9 Å². The number of fused-ring (bicyclic) bond motifs is 2. The molecule has 1 aliphatic heterocycles. The molecule has 2 heterocycles. The normalized spacial score (nSPS) is 18.0. The van der Waals surface area contributed by atoms with E-state index in [9.17, 15) is 9.90 Å². The van der Waals surface area contributed by atoms with Crippen molar-refractivity contribution in [3.05, 3.63) is 40.7 Å².